The van der Waals surface area contributed by atoms with Gasteiger partial charge < -0.3 is 9.15 Å². The number of halogens is 1. The molecule has 0 atom stereocenters. The van der Waals surface area contributed by atoms with E-state index in [9.17, 15) is 0 Å². The normalized spacial score (nSPS) is 16.1. The second-order valence-electron chi connectivity index (χ2n) is 5.64. The van der Waals surface area contributed by atoms with Gasteiger partial charge in [0.25, 0.3) is 0 Å². The van der Waals surface area contributed by atoms with Crippen molar-refractivity contribution in [3.8, 4) is 5.75 Å². The molecule has 1 aromatic heterocycles. The molecule has 0 amide bonds. The minimum atomic E-state index is 0.395. The van der Waals surface area contributed by atoms with E-state index in [2.05, 4.69) is 4.98 Å². The maximum absolute atomic E-state index is 5.95. The van der Waals surface area contributed by atoms with Gasteiger partial charge in [0.1, 0.15) is 12.4 Å². The molecule has 3 rings (SSSR count). The zero-order valence-electron chi connectivity index (χ0n) is 12.3. The van der Waals surface area contributed by atoms with Gasteiger partial charge in [-0.15, -0.1) is 0 Å². The number of hydrogen-bond donors (Lipinski definition) is 0. The lowest BCUT2D eigenvalue weighted by atomic mass is 9.89. The highest BCUT2D eigenvalue weighted by Gasteiger charge is 2.22. The molecule has 1 heterocycles. The molecule has 0 aliphatic heterocycles. The topological polar surface area (TPSA) is 35.3 Å². The van der Waals surface area contributed by atoms with Crippen molar-refractivity contribution < 1.29 is 9.15 Å². The van der Waals surface area contributed by atoms with Crippen LogP contribution in [0.2, 0.25) is 5.02 Å². The Morgan fingerprint density at radius 2 is 2.10 bits per heavy atom. The zero-order valence-corrected chi connectivity index (χ0v) is 13.0. The number of benzene rings is 1. The summed E-state index contributed by atoms with van der Waals surface area (Å²) in [5.74, 6) is 2.93. The summed E-state index contributed by atoms with van der Waals surface area (Å²) >= 11 is 5.95. The van der Waals surface area contributed by atoms with Crippen molar-refractivity contribution in [3.63, 3.8) is 0 Å². The third-order valence-electron chi connectivity index (χ3n) is 4.03. The first kappa shape index (κ1) is 14.5. The standard InChI is InChI=1S/C17H20ClNO2/c1-12-16(11-20-15-9-5-8-14(18)10-15)21-17(19-12)13-6-3-2-4-7-13/h5,8-10,13H,2-4,6-7,11H2,1H3. The van der Waals surface area contributed by atoms with E-state index < -0.39 is 0 Å². The Labute approximate surface area is 130 Å². The molecule has 4 heteroatoms. The lowest BCUT2D eigenvalue weighted by molar-refractivity contribution is 0.257. The van der Waals surface area contributed by atoms with E-state index in [1.54, 1.807) is 6.07 Å². The number of ether oxygens (including phenoxy) is 1. The van der Waals surface area contributed by atoms with Gasteiger partial charge in [0.2, 0.25) is 0 Å². The molecule has 0 unspecified atom stereocenters. The van der Waals surface area contributed by atoms with Crippen LogP contribution >= 0.6 is 11.6 Å². The summed E-state index contributed by atoms with van der Waals surface area (Å²) in [7, 11) is 0. The summed E-state index contributed by atoms with van der Waals surface area (Å²) in [6.45, 7) is 2.37. The first-order valence-electron chi connectivity index (χ1n) is 7.57. The number of rotatable bonds is 4. The van der Waals surface area contributed by atoms with E-state index in [0.717, 1.165) is 23.1 Å². The third-order valence-corrected chi connectivity index (χ3v) is 4.26. The molecular formula is C17H20ClNO2. The lowest BCUT2D eigenvalue weighted by Crippen LogP contribution is -2.04. The van der Waals surface area contributed by atoms with E-state index in [4.69, 9.17) is 20.8 Å². The van der Waals surface area contributed by atoms with Crippen molar-refractivity contribution in [1.82, 2.24) is 4.98 Å². The fourth-order valence-corrected chi connectivity index (χ4v) is 2.99. The lowest BCUT2D eigenvalue weighted by Gasteiger charge is -2.17. The van der Waals surface area contributed by atoms with Crippen LogP contribution in [0.4, 0.5) is 0 Å². The van der Waals surface area contributed by atoms with Crippen molar-refractivity contribution in [2.75, 3.05) is 0 Å². The first-order valence-corrected chi connectivity index (χ1v) is 7.95. The van der Waals surface area contributed by atoms with Gasteiger partial charge in [-0.3, -0.25) is 0 Å². The second-order valence-corrected chi connectivity index (χ2v) is 6.08. The highest BCUT2D eigenvalue weighted by Crippen LogP contribution is 2.33. The molecule has 0 saturated heterocycles. The number of nitrogens with zero attached hydrogens (tertiary/aromatic N) is 1. The van der Waals surface area contributed by atoms with E-state index in [1.807, 2.05) is 25.1 Å². The van der Waals surface area contributed by atoms with E-state index in [0.29, 0.717) is 17.5 Å². The van der Waals surface area contributed by atoms with Crippen molar-refractivity contribution in [2.45, 2.75) is 51.6 Å². The SMILES string of the molecule is Cc1nc(C2CCCCC2)oc1COc1cccc(Cl)c1. The van der Waals surface area contributed by atoms with E-state index in [-0.39, 0.29) is 0 Å². The van der Waals surface area contributed by atoms with Crippen LogP contribution in [-0.2, 0) is 6.61 Å². The summed E-state index contributed by atoms with van der Waals surface area (Å²) in [6.07, 6.45) is 6.27. The molecule has 1 saturated carbocycles. The molecule has 1 aliphatic carbocycles. The molecule has 0 bridgehead atoms. The van der Waals surface area contributed by atoms with Crippen LogP contribution in [0.25, 0.3) is 0 Å². The van der Waals surface area contributed by atoms with Gasteiger partial charge >= 0.3 is 0 Å². The van der Waals surface area contributed by atoms with Gasteiger partial charge in [-0.05, 0) is 38.0 Å². The number of oxazole rings is 1. The monoisotopic (exact) mass is 305 g/mol. The molecule has 0 spiro atoms. The smallest absolute Gasteiger partial charge is 0.197 e. The predicted octanol–water partition coefficient (Wildman–Crippen LogP) is 5.26. The molecule has 1 fully saturated rings. The zero-order chi connectivity index (χ0) is 14.7. The van der Waals surface area contributed by atoms with Crippen molar-refractivity contribution in [1.29, 1.82) is 0 Å². The van der Waals surface area contributed by atoms with Crippen LogP contribution in [0.5, 0.6) is 5.75 Å². The molecule has 0 N–H and O–H groups in total. The minimum Gasteiger partial charge on any atom is -0.486 e. The molecule has 1 aromatic carbocycles. The largest absolute Gasteiger partial charge is 0.486 e. The van der Waals surface area contributed by atoms with Gasteiger partial charge in [0, 0.05) is 10.9 Å². The molecule has 0 radical (unpaired) electrons. The van der Waals surface area contributed by atoms with Crippen LogP contribution in [-0.4, -0.2) is 4.98 Å². The van der Waals surface area contributed by atoms with Crippen LogP contribution in [0.1, 0.15) is 55.4 Å². The average molecular weight is 306 g/mol. The van der Waals surface area contributed by atoms with Crippen LogP contribution < -0.4 is 4.74 Å². The quantitative estimate of drug-likeness (QED) is 0.772. The van der Waals surface area contributed by atoms with Gasteiger partial charge in [-0.1, -0.05) is 36.9 Å². The molecular weight excluding hydrogens is 286 g/mol. The summed E-state index contributed by atoms with van der Waals surface area (Å²) < 4.78 is 11.7. The fourth-order valence-electron chi connectivity index (χ4n) is 2.81. The van der Waals surface area contributed by atoms with E-state index in [1.165, 1.54) is 32.1 Å². The average Bonchev–Trinajstić information content (AvgIpc) is 2.87. The number of hydrogen-bond acceptors (Lipinski definition) is 3. The second kappa shape index (κ2) is 6.52. The van der Waals surface area contributed by atoms with Gasteiger partial charge in [0.15, 0.2) is 11.7 Å². The highest BCUT2D eigenvalue weighted by molar-refractivity contribution is 6.30. The highest BCUT2D eigenvalue weighted by atomic mass is 35.5. The van der Waals surface area contributed by atoms with Crippen molar-refractivity contribution in [2.24, 2.45) is 0 Å². The summed E-state index contributed by atoms with van der Waals surface area (Å²) in [4.78, 5) is 4.59. The fraction of sp³-hybridized carbons (Fsp3) is 0.471. The van der Waals surface area contributed by atoms with Crippen molar-refractivity contribution in [3.05, 3.63) is 46.6 Å². The maximum Gasteiger partial charge on any atom is 0.197 e. The summed E-state index contributed by atoms with van der Waals surface area (Å²) in [5.41, 5.74) is 0.928. The van der Waals surface area contributed by atoms with Gasteiger partial charge in [0.05, 0.1) is 5.69 Å². The molecule has 21 heavy (non-hydrogen) atoms. The Hall–Kier alpha value is -1.48. The van der Waals surface area contributed by atoms with Crippen LogP contribution in [0.15, 0.2) is 28.7 Å². The minimum absolute atomic E-state index is 0.395. The van der Waals surface area contributed by atoms with Crippen molar-refractivity contribution >= 4 is 11.6 Å². The Morgan fingerprint density at radius 1 is 1.29 bits per heavy atom. The maximum atomic E-state index is 5.95. The van der Waals surface area contributed by atoms with Crippen LogP contribution in [0, 0.1) is 6.92 Å². The molecule has 112 valence electrons. The summed E-state index contributed by atoms with van der Waals surface area (Å²) in [6, 6.07) is 7.39. The molecule has 3 nitrogen and oxygen atoms in total. The first-order chi connectivity index (χ1) is 10.2. The number of aryl methyl sites for hydroxylation is 1. The Morgan fingerprint density at radius 3 is 2.86 bits per heavy atom. The van der Waals surface area contributed by atoms with Crippen LogP contribution in [0.3, 0.4) is 0 Å². The van der Waals surface area contributed by atoms with E-state index >= 15 is 0 Å². The van der Waals surface area contributed by atoms with Gasteiger partial charge in [-0.2, -0.15) is 0 Å². The predicted molar refractivity (Wildman–Crippen MR) is 82.9 cm³/mol. The number of aromatic nitrogens is 1. The molecule has 1 aliphatic rings. The molecule has 2 aromatic rings. The van der Waals surface area contributed by atoms with Gasteiger partial charge in [-0.25, -0.2) is 4.98 Å². The Kier molecular flexibility index (Phi) is 4.49. The Balaban J connectivity index is 1.66. The summed E-state index contributed by atoms with van der Waals surface area (Å²) in [5, 5.41) is 0.671. The third kappa shape index (κ3) is 3.59. The Bertz CT molecular complexity index is 603.